The molecule has 0 saturated heterocycles. The van der Waals surface area contributed by atoms with E-state index in [1.165, 1.54) is 0 Å². The molecule has 0 amide bonds. The SMILES string of the molecule is CCc1nc(-c2ccccc2COC)nc(N)c1I. The molecule has 2 N–H and O–H groups in total. The van der Waals surface area contributed by atoms with E-state index in [1.54, 1.807) is 7.11 Å². The van der Waals surface area contributed by atoms with Crippen molar-refractivity contribution in [3.8, 4) is 11.4 Å². The summed E-state index contributed by atoms with van der Waals surface area (Å²) in [7, 11) is 1.68. The van der Waals surface area contributed by atoms with Crippen molar-refractivity contribution in [2.75, 3.05) is 12.8 Å². The average Bonchev–Trinajstić information content (AvgIpc) is 2.43. The van der Waals surface area contributed by atoms with Crippen LogP contribution in [0.4, 0.5) is 5.82 Å². The van der Waals surface area contributed by atoms with Crippen molar-refractivity contribution < 1.29 is 4.74 Å². The first-order valence-electron chi connectivity index (χ1n) is 6.06. The highest BCUT2D eigenvalue weighted by Crippen LogP contribution is 2.25. The largest absolute Gasteiger partial charge is 0.383 e. The van der Waals surface area contributed by atoms with Crippen LogP contribution in [-0.2, 0) is 17.8 Å². The number of anilines is 1. The Balaban J connectivity index is 2.56. The minimum absolute atomic E-state index is 0.535. The van der Waals surface area contributed by atoms with Gasteiger partial charge in [0.15, 0.2) is 5.82 Å². The lowest BCUT2D eigenvalue weighted by molar-refractivity contribution is 0.185. The first kappa shape index (κ1) is 14.2. The number of aromatic nitrogens is 2. The molecule has 0 aliphatic heterocycles. The Kier molecular flexibility index (Phi) is 4.71. The second kappa shape index (κ2) is 6.29. The Morgan fingerprint density at radius 2 is 2.00 bits per heavy atom. The van der Waals surface area contributed by atoms with Gasteiger partial charge in [-0.2, -0.15) is 0 Å². The van der Waals surface area contributed by atoms with E-state index in [4.69, 9.17) is 10.5 Å². The van der Waals surface area contributed by atoms with E-state index in [0.29, 0.717) is 18.2 Å². The molecule has 0 unspecified atom stereocenters. The van der Waals surface area contributed by atoms with Crippen LogP contribution in [0.1, 0.15) is 18.2 Å². The quantitative estimate of drug-likeness (QED) is 0.842. The van der Waals surface area contributed by atoms with E-state index in [1.807, 2.05) is 24.3 Å². The molecule has 0 spiro atoms. The number of hydrogen-bond donors (Lipinski definition) is 1. The van der Waals surface area contributed by atoms with E-state index in [-0.39, 0.29) is 0 Å². The van der Waals surface area contributed by atoms with Crippen LogP contribution in [0.25, 0.3) is 11.4 Å². The third kappa shape index (κ3) is 3.03. The number of benzene rings is 1. The fraction of sp³-hybridized carbons (Fsp3) is 0.286. The topological polar surface area (TPSA) is 61.0 Å². The van der Waals surface area contributed by atoms with Gasteiger partial charge in [0.25, 0.3) is 0 Å². The van der Waals surface area contributed by atoms with Crippen LogP contribution >= 0.6 is 22.6 Å². The van der Waals surface area contributed by atoms with Crippen molar-refractivity contribution >= 4 is 28.4 Å². The van der Waals surface area contributed by atoms with Crippen molar-refractivity contribution in [1.29, 1.82) is 0 Å². The van der Waals surface area contributed by atoms with Crippen molar-refractivity contribution in [1.82, 2.24) is 9.97 Å². The van der Waals surface area contributed by atoms with E-state index < -0.39 is 0 Å². The van der Waals surface area contributed by atoms with E-state index in [2.05, 4.69) is 39.5 Å². The predicted molar refractivity (Wildman–Crippen MR) is 84.7 cm³/mol. The normalized spacial score (nSPS) is 10.7. The summed E-state index contributed by atoms with van der Waals surface area (Å²) < 4.78 is 6.15. The van der Waals surface area contributed by atoms with Crippen molar-refractivity contribution in [2.24, 2.45) is 0 Å². The van der Waals surface area contributed by atoms with E-state index in [9.17, 15) is 0 Å². The fourth-order valence-corrected chi connectivity index (χ4v) is 2.51. The number of hydrogen-bond acceptors (Lipinski definition) is 4. The minimum atomic E-state index is 0.535. The fourth-order valence-electron chi connectivity index (χ4n) is 1.89. The summed E-state index contributed by atoms with van der Waals surface area (Å²) in [5.41, 5.74) is 8.99. The number of nitrogens with two attached hydrogens (primary N) is 1. The summed E-state index contributed by atoms with van der Waals surface area (Å²) in [6, 6.07) is 7.96. The van der Waals surface area contributed by atoms with Crippen LogP contribution in [0.3, 0.4) is 0 Å². The molecule has 2 aromatic rings. The van der Waals surface area contributed by atoms with Crippen LogP contribution in [0.5, 0.6) is 0 Å². The molecule has 1 aromatic heterocycles. The van der Waals surface area contributed by atoms with E-state index >= 15 is 0 Å². The molecule has 0 radical (unpaired) electrons. The molecular formula is C14H16IN3O. The second-order valence-electron chi connectivity index (χ2n) is 4.14. The Bertz CT molecular complexity index is 587. The number of nitrogen functional groups attached to an aromatic ring is 1. The zero-order chi connectivity index (χ0) is 13.8. The lowest BCUT2D eigenvalue weighted by Gasteiger charge is -2.11. The molecule has 2 rings (SSSR count). The van der Waals surface area contributed by atoms with Crippen LogP contribution in [0.15, 0.2) is 24.3 Å². The van der Waals surface area contributed by atoms with Gasteiger partial charge < -0.3 is 10.5 Å². The summed E-state index contributed by atoms with van der Waals surface area (Å²) in [6.45, 7) is 2.60. The highest BCUT2D eigenvalue weighted by Gasteiger charge is 2.12. The number of ether oxygens (including phenoxy) is 1. The van der Waals surface area contributed by atoms with Gasteiger partial charge in [0, 0.05) is 12.7 Å². The smallest absolute Gasteiger partial charge is 0.162 e. The monoisotopic (exact) mass is 369 g/mol. The standard InChI is InChI=1S/C14H16IN3O/c1-3-11-12(15)13(16)18-14(17-11)10-7-5-4-6-9(10)8-19-2/h4-7H,3,8H2,1-2H3,(H2,16,17,18). The molecule has 19 heavy (non-hydrogen) atoms. The first-order valence-corrected chi connectivity index (χ1v) is 7.14. The van der Waals surface area contributed by atoms with Crippen LogP contribution in [0, 0.1) is 3.57 Å². The van der Waals surface area contributed by atoms with Gasteiger partial charge in [0.1, 0.15) is 5.82 Å². The molecule has 0 aliphatic carbocycles. The maximum Gasteiger partial charge on any atom is 0.162 e. The first-order chi connectivity index (χ1) is 9.17. The van der Waals surface area contributed by atoms with Crippen molar-refractivity contribution in [2.45, 2.75) is 20.0 Å². The Labute approximate surface area is 126 Å². The molecule has 0 bridgehead atoms. The molecule has 0 fully saturated rings. The predicted octanol–water partition coefficient (Wildman–Crippen LogP) is 3.04. The highest BCUT2D eigenvalue weighted by atomic mass is 127. The van der Waals surface area contributed by atoms with Gasteiger partial charge in [0.05, 0.1) is 15.9 Å². The number of halogens is 1. The van der Waals surface area contributed by atoms with Crippen molar-refractivity contribution in [3.05, 3.63) is 39.1 Å². The molecule has 0 atom stereocenters. The van der Waals surface area contributed by atoms with E-state index in [0.717, 1.165) is 26.8 Å². The Morgan fingerprint density at radius 3 is 2.68 bits per heavy atom. The molecule has 5 heteroatoms. The zero-order valence-electron chi connectivity index (χ0n) is 11.0. The highest BCUT2D eigenvalue weighted by molar-refractivity contribution is 14.1. The molecular weight excluding hydrogens is 353 g/mol. The molecule has 0 aliphatic rings. The zero-order valence-corrected chi connectivity index (χ0v) is 13.1. The summed E-state index contributed by atoms with van der Waals surface area (Å²) in [5.74, 6) is 1.21. The number of nitrogens with zero attached hydrogens (tertiary/aromatic N) is 2. The Hall–Kier alpha value is -1.21. The third-order valence-electron chi connectivity index (χ3n) is 2.84. The number of aryl methyl sites for hydroxylation is 1. The molecule has 1 aromatic carbocycles. The lowest BCUT2D eigenvalue weighted by atomic mass is 10.1. The van der Waals surface area contributed by atoms with Gasteiger partial charge in [-0.05, 0) is 34.6 Å². The maximum absolute atomic E-state index is 5.97. The lowest BCUT2D eigenvalue weighted by Crippen LogP contribution is -2.05. The number of methoxy groups -OCH3 is 1. The second-order valence-corrected chi connectivity index (χ2v) is 5.22. The van der Waals surface area contributed by atoms with Crippen LogP contribution in [-0.4, -0.2) is 17.1 Å². The maximum atomic E-state index is 5.97. The molecule has 100 valence electrons. The van der Waals surface area contributed by atoms with Crippen molar-refractivity contribution in [3.63, 3.8) is 0 Å². The Morgan fingerprint density at radius 1 is 1.26 bits per heavy atom. The molecule has 1 heterocycles. The van der Waals surface area contributed by atoms with Gasteiger partial charge in [-0.15, -0.1) is 0 Å². The van der Waals surface area contributed by atoms with Gasteiger partial charge >= 0.3 is 0 Å². The summed E-state index contributed by atoms with van der Waals surface area (Å²) in [4.78, 5) is 9.01. The van der Waals surface area contributed by atoms with Crippen LogP contribution in [0.2, 0.25) is 0 Å². The van der Waals surface area contributed by atoms with Gasteiger partial charge in [-0.1, -0.05) is 31.2 Å². The summed E-state index contributed by atoms with van der Waals surface area (Å²) in [5, 5.41) is 0. The van der Waals surface area contributed by atoms with Gasteiger partial charge in [0.2, 0.25) is 0 Å². The van der Waals surface area contributed by atoms with Crippen LogP contribution < -0.4 is 5.73 Å². The minimum Gasteiger partial charge on any atom is -0.383 e. The average molecular weight is 369 g/mol. The number of rotatable bonds is 4. The van der Waals surface area contributed by atoms with Gasteiger partial charge in [-0.3, -0.25) is 0 Å². The summed E-state index contributed by atoms with van der Waals surface area (Å²) in [6.07, 6.45) is 0.838. The molecule has 0 saturated carbocycles. The van der Waals surface area contributed by atoms with Gasteiger partial charge in [-0.25, -0.2) is 9.97 Å². The third-order valence-corrected chi connectivity index (χ3v) is 4.01. The molecule has 4 nitrogen and oxygen atoms in total. The summed E-state index contributed by atoms with van der Waals surface area (Å²) >= 11 is 2.19.